The molecule has 0 saturated carbocycles. The van der Waals surface area contributed by atoms with Crippen LogP contribution in [0.25, 0.3) is 10.2 Å². The van der Waals surface area contributed by atoms with Gasteiger partial charge in [0.15, 0.2) is 0 Å². The summed E-state index contributed by atoms with van der Waals surface area (Å²) in [6, 6.07) is 13.6. The summed E-state index contributed by atoms with van der Waals surface area (Å²) < 4.78 is 6.46. The van der Waals surface area contributed by atoms with Crippen LogP contribution < -0.4 is 5.32 Å². The molecule has 128 valence electrons. The zero-order valence-corrected chi connectivity index (χ0v) is 14.6. The van der Waals surface area contributed by atoms with E-state index in [9.17, 15) is 4.79 Å². The minimum atomic E-state index is -0.115. The Morgan fingerprint density at radius 2 is 1.96 bits per heavy atom. The van der Waals surface area contributed by atoms with Gasteiger partial charge in [-0.1, -0.05) is 12.1 Å². The van der Waals surface area contributed by atoms with Crippen LogP contribution in [0.5, 0.6) is 0 Å². The van der Waals surface area contributed by atoms with Gasteiger partial charge < -0.3 is 10.1 Å². The van der Waals surface area contributed by atoms with Crippen LogP contribution in [-0.4, -0.2) is 42.1 Å². The first-order valence-electron chi connectivity index (χ1n) is 8.31. The van der Waals surface area contributed by atoms with Crippen LogP contribution in [0.2, 0.25) is 0 Å². The number of thiazole rings is 1. The fraction of sp³-hybridized carbons (Fsp3) is 0.263. The number of aromatic nitrogens is 1. The number of rotatable bonds is 4. The molecule has 0 aliphatic carbocycles. The lowest BCUT2D eigenvalue weighted by molar-refractivity contribution is 0.0342. The molecule has 1 aliphatic rings. The van der Waals surface area contributed by atoms with Crippen molar-refractivity contribution in [1.82, 2.24) is 9.88 Å². The standard InChI is InChI=1S/C19H19N3O2S/c23-19(15-3-6-18-17(11-15)20-13-25-18)21-16-4-1-14(2-5-16)12-22-7-9-24-10-8-22/h1-6,11,13H,7-10,12H2,(H,21,23). The predicted octanol–water partition coefficient (Wildman–Crippen LogP) is 3.38. The van der Waals surface area contributed by atoms with E-state index in [1.807, 2.05) is 30.3 Å². The second-order valence-corrected chi connectivity index (χ2v) is 6.96. The second-order valence-electron chi connectivity index (χ2n) is 6.07. The first-order valence-corrected chi connectivity index (χ1v) is 9.19. The van der Waals surface area contributed by atoms with Gasteiger partial charge in [-0.25, -0.2) is 4.98 Å². The number of nitrogens with one attached hydrogen (secondary N) is 1. The lowest BCUT2D eigenvalue weighted by atomic mass is 10.1. The average Bonchev–Trinajstić information content (AvgIpc) is 3.12. The van der Waals surface area contributed by atoms with Gasteiger partial charge in [0.2, 0.25) is 0 Å². The quantitative estimate of drug-likeness (QED) is 0.781. The second kappa shape index (κ2) is 7.31. The molecule has 1 aliphatic heterocycles. The molecule has 4 rings (SSSR count). The Morgan fingerprint density at radius 3 is 2.76 bits per heavy atom. The molecule has 0 radical (unpaired) electrons. The van der Waals surface area contributed by atoms with Crippen molar-refractivity contribution in [3.05, 3.63) is 59.1 Å². The van der Waals surface area contributed by atoms with Crippen molar-refractivity contribution in [3.63, 3.8) is 0 Å². The number of carbonyl (C=O) groups excluding carboxylic acids is 1. The summed E-state index contributed by atoms with van der Waals surface area (Å²) in [4.78, 5) is 19.1. The number of amides is 1. The zero-order chi connectivity index (χ0) is 17.1. The van der Waals surface area contributed by atoms with Crippen molar-refractivity contribution in [3.8, 4) is 0 Å². The van der Waals surface area contributed by atoms with Crippen LogP contribution in [0.1, 0.15) is 15.9 Å². The fourth-order valence-electron chi connectivity index (χ4n) is 2.91. The number of hydrogen-bond donors (Lipinski definition) is 1. The number of anilines is 1. The number of benzene rings is 2. The highest BCUT2D eigenvalue weighted by atomic mass is 32.1. The normalized spacial score (nSPS) is 15.4. The Labute approximate surface area is 150 Å². The number of hydrogen-bond acceptors (Lipinski definition) is 5. The van der Waals surface area contributed by atoms with Crippen molar-refractivity contribution in [2.24, 2.45) is 0 Å². The van der Waals surface area contributed by atoms with Gasteiger partial charge >= 0.3 is 0 Å². The Hall–Kier alpha value is -2.28. The van der Waals surface area contributed by atoms with E-state index in [-0.39, 0.29) is 5.91 Å². The van der Waals surface area contributed by atoms with E-state index in [1.165, 1.54) is 5.56 Å². The Morgan fingerprint density at radius 1 is 1.16 bits per heavy atom. The molecule has 0 spiro atoms. The molecular weight excluding hydrogens is 334 g/mol. The smallest absolute Gasteiger partial charge is 0.255 e. The van der Waals surface area contributed by atoms with Crippen molar-refractivity contribution < 1.29 is 9.53 Å². The van der Waals surface area contributed by atoms with Crippen LogP contribution in [0.4, 0.5) is 5.69 Å². The largest absolute Gasteiger partial charge is 0.379 e. The van der Waals surface area contributed by atoms with Gasteiger partial charge in [-0.2, -0.15) is 0 Å². The molecule has 0 bridgehead atoms. The molecule has 0 unspecified atom stereocenters. The molecule has 1 N–H and O–H groups in total. The van der Waals surface area contributed by atoms with Crippen LogP contribution in [-0.2, 0) is 11.3 Å². The summed E-state index contributed by atoms with van der Waals surface area (Å²) in [7, 11) is 0. The molecule has 2 heterocycles. The highest BCUT2D eigenvalue weighted by molar-refractivity contribution is 7.16. The zero-order valence-electron chi connectivity index (χ0n) is 13.8. The van der Waals surface area contributed by atoms with Crippen LogP contribution in [0.3, 0.4) is 0 Å². The number of morpholine rings is 1. The molecule has 2 aromatic carbocycles. The molecule has 1 fully saturated rings. The first kappa shape index (κ1) is 16.2. The Bertz CT molecular complexity index is 870. The van der Waals surface area contributed by atoms with E-state index in [1.54, 1.807) is 16.8 Å². The molecule has 3 aromatic rings. The monoisotopic (exact) mass is 353 g/mol. The SMILES string of the molecule is O=C(Nc1ccc(CN2CCOCC2)cc1)c1ccc2scnc2c1. The molecule has 6 heteroatoms. The van der Waals surface area contributed by atoms with Gasteiger partial charge in [-0.15, -0.1) is 11.3 Å². The summed E-state index contributed by atoms with van der Waals surface area (Å²) in [6.45, 7) is 4.46. The maximum atomic E-state index is 12.4. The van der Waals surface area contributed by atoms with Crippen molar-refractivity contribution in [1.29, 1.82) is 0 Å². The van der Waals surface area contributed by atoms with E-state index in [2.05, 4.69) is 27.3 Å². The molecular formula is C19H19N3O2S. The summed E-state index contributed by atoms with van der Waals surface area (Å²) in [5.74, 6) is -0.115. The van der Waals surface area contributed by atoms with Gasteiger partial charge in [0.1, 0.15) is 0 Å². The summed E-state index contributed by atoms with van der Waals surface area (Å²) in [6.07, 6.45) is 0. The minimum absolute atomic E-state index is 0.115. The van der Waals surface area contributed by atoms with Crippen LogP contribution in [0, 0.1) is 0 Å². The summed E-state index contributed by atoms with van der Waals surface area (Å²) in [5.41, 5.74) is 5.31. The van der Waals surface area contributed by atoms with Crippen LogP contribution in [0.15, 0.2) is 48.0 Å². The van der Waals surface area contributed by atoms with Gasteiger partial charge in [0.25, 0.3) is 5.91 Å². The third kappa shape index (κ3) is 3.87. The third-order valence-electron chi connectivity index (χ3n) is 4.31. The molecule has 1 aromatic heterocycles. The highest BCUT2D eigenvalue weighted by Gasteiger charge is 2.11. The third-order valence-corrected chi connectivity index (χ3v) is 5.12. The van der Waals surface area contributed by atoms with Gasteiger partial charge in [0, 0.05) is 30.9 Å². The Balaban J connectivity index is 1.40. The lowest BCUT2D eigenvalue weighted by Gasteiger charge is -2.26. The van der Waals surface area contributed by atoms with Crippen molar-refractivity contribution in [2.75, 3.05) is 31.6 Å². The Kier molecular flexibility index (Phi) is 4.74. The molecule has 1 saturated heterocycles. The summed E-state index contributed by atoms with van der Waals surface area (Å²) in [5, 5.41) is 2.95. The number of ether oxygens (including phenoxy) is 1. The molecule has 0 atom stereocenters. The topological polar surface area (TPSA) is 54.5 Å². The van der Waals surface area contributed by atoms with Crippen molar-refractivity contribution in [2.45, 2.75) is 6.54 Å². The van der Waals surface area contributed by atoms with Crippen LogP contribution >= 0.6 is 11.3 Å². The summed E-state index contributed by atoms with van der Waals surface area (Å²) >= 11 is 1.57. The average molecular weight is 353 g/mol. The molecule has 1 amide bonds. The van der Waals surface area contributed by atoms with E-state index in [0.29, 0.717) is 5.56 Å². The van der Waals surface area contributed by atoms with E-state index >= 15 is 0 Å². The van der Waals surface area contributed by atoms with Gasteiger partial charge in [-0.3, -0.25) is 9.69 Å². The van der Waals surface area contributed by atoms with Gasteiger partial charge in [0.05, 0.1) is 28.9 Å². The molecule has 5 nitrogen and oxygen atoms in total. The maximum absolute atomic E-state index is 12.4. The lowest BCUT2D eigenvalue weighted by Crippen LogP contribution is -2.35. The predicted molar refractivity (Wildman–Crippen MR) is 100 cm³/mol. The van der Waals surface area contributed by atoms with E-state index in [0.717, 1.165) is 48.8 Å². The number of nitrogens with zero attached hydrogens (tertiary/aromatic N) is 2. The minimum Gasteiger partial charge on any atom is -0.379 e. The number of fused-ring (bicyclic) bond motifs is 1. The van der Waals surface area contributed by atoms with E-state index in [4.69, 9.17) is 4.74 Å². The first-order chi connectivity index (χ1) is 12.3. The van der Waals surface area contributed by atoms with Crippen molar-refractivity contribution >= 4 is 33.1 Å². The highest BCUT2D eigenvalue weighted by Crippen LogP contribution is 2.20. The molecule has 25 heavy (non-hydrogen) atoms. The maximum Gasteiger partial charge on any atom is 0.255 e. The van der Waals surface area contributed by atoms with Gasteiger partial charge in [-0.05, 0) is 35.9 Å². The fourth-order valence-corrected chi connectivity index (χ4v) is 3.57. The number of carbonyl (C=O) groups is 1. The van der Waals surface area contributed by atoms with E-state index < -0.39 is 0 Å².